The molecule has 25 heavy (non-hydrogen) atoms. The number of carbonyl (C=O) groups excluding carboxylic acids is 4. The predicted molar refractivity (Wildman–Crippen MR) is 86.5 cm³/mol. The van der Waals surface area contributed by atoms with Gasteiger partial charge in [0.1, 0.15) is 11.6 Å². The van der Waals surface area contributed by atoms with Crippen LogP contribution in [0.15, 0.2) is 24.3 Å². The lowest BCUT2D eigenvalue weighted by atomic mass is 10.1. The fraction of sp³-hybridized carbons (Fsp3) is 0.412. The summed E-state index contributed by atoms with van der Waals surface area (Å²) in [5.74, 6) is -2.37. The molecule has 1 aliphatic rings. The van der Waals surface area contributed by atoms with Crippen LogP contribution in [0.4, 0.5) is 4.79 Å². The van der Waals surface area contributed by atoms with Crippen molar-refractivity contribution < 1.29 is 28.8 Å². The number of hydroxylamine groups is 2. The van der Waals surface area contributed by atoms with Gasteiger partial charge < -0.3 is 14.9 Å². The number of carbonyl (C=O) groups is 4. The first-order valence-corrected chi connectivity index (χ1v) is 7.83. The molecule has 1 aromatic carbocycles. The van der Waals surface area contributed by atoms with Crippen molar-refractivity contribution in [3.8, 4) is 0 Å². The third-order valence-corrected chi connectivity index (χ3v) is 3.32. The number of rotatable bonds is 4. The lowest BCUT2D eigenvalue weighted by Gasteiger charge is -2.23. The number of nitrogens with zero attached hydrogens (tertiary/aromatic N) is 1. The van der Waals surface area contributed by atoms with Crippen LogP contribution in [-0.2, 0) is 14.4 Å². The number of hydrogen-bond donors (Lipinski definition) is 1. The van der Waals surface area contributed by atoms with Crippen molar-refractivity contribution in [1.82, 2.24) is 10.4 Å². The Kier molecular flexibility index (Phi) is 5.10. The molecule has 1 unspecified atom stereocenters. The lowest BCUT2D eigenvalue weighted by Crippen LogP contribution is -2.46. The summed E-state index contributed by atoms with van der Waals surface area (Å²) in [5.41, 5.74) is -0.406. The van der Waals surface area contributed by atoms with Crippen LogP contribution in [0.2, 0.25) is 0 Å². The van der Waals surface area contributed by atoms with Gasteiger partial charge in [-0.2, -0.15) is 0 Å². The third-order valence-electron chi connectivity index (χ3n) is 3.32. The highest BCUT2D eigenvalue weighted by Gasteiger charge is 2.39. The van der Waals surface area contributed by atoms with Crippen molar-refractivity contribution in [2.45, 2.75) is 45.8 Å². The summed E-state index contributed by atoms with van der Waals surface area (Å²) < 4.78 is 5.08. The number of hydrogen-bond acceptors (Lipinski definition) is 6. The number of fused-ring (bicyclic) bond motifs is 1. The van der Waals surface area contributed by atoms with Gasteiger partial charge in [-0.1, -0.05) is 24.1 Å². The van der Waals surface area contributed by atoms with Crippen LogP contribution >= 0.6 is 0 Å². The van der Waals surface area contributed by atoms with Gasteiger partial charge in [0, 0.05) is 0 Å². The molecule has 8 nitrogen and oxygen atoms in total. The van der Waals surface area contributed by atoms with E-state index in [1.54, 1.807) is 39.8 Å². The summed E-state index contributed by atoms with van der Waals surface area (Å²) in [4.78, 5) is 53.3. The second-order valence-corrected chi connectivity index (χ2v) is 6.47. The summed E-state index contributed by atoms with van der Waals surface area (Å²) >= 11 is 0. The maximum absolute atomic E-state index is 12.2. The molecule has 3 amide bonds. The quantitative estimate of drug-likeness (QED) is 0.836. The largest absolute Gasteiger partial charge is 0.444 e. The summed E-state index contributed by atoms with van der Waals surface area (Å²) in [6.45, 7) is 6.70. The van der Waals surface area contributed by atoms with Gasteiger partial charge in [-0.3, -0.25) is 9.59 Å². The molecule has 2 rings (SSSR count). The normalized spacial score (nSPS) is 14.8. The van der Waals surface area contributed by atoms with E-state index in [1.807, 2.05) is 0 Å². The number of ether oxygens (including phenoxy) is 1. The highest BCUT2D eigenvalue weighted by molar-refractivity contribution is 6.20. The topological polar surface area (TPSA) is 102 Å². The minimum Gasteiger partial charge on any atom is -0.444 e. The average molecular weight is 348 g/mol. The van der Waals surface area contributed by atoms with Gasteiger partial charge in [-0.05, 0) is 39.3 Å². The second kappa shape index (κ2) is 6.92. The second-order valence-electron chi connectivity index (χ2n) is 6.47. The monoisotopic (exact) mass is 348 g/mol. The van der Waals surface area contributed by atoms with Gasteiger partial charge in [0.25, 0.3) is 11.8 Å². The fourth-order valence-electron chi connectivity index (χ4n) is 2.18. The summed E-state index contributed by atoms with van der Waals surface area (Å²) in [6, 6.07) is 5.10. The minimum absolute atomic E-state index is 0.161. The molecule has 1 heterocycles. The highest BCUT2D eigenvalue weighted by atomic mass is 16.7. The van der Waals surface area contributed by atoms with Gasteiger partial charge >= 0.3 is 12.1 Å². The molecule has 1 atom stereocenters. The van der Waals surface area contributed by atoms with Gasteiger partial charge in [0.05, 0.1) is 11.1 Å². The third kappa shape index (κ3) is 4.14. The Balaban J connectivity index is 2.04. The van der Waals surface area contributed by atoms with E-state index in [4.69, 9.17) is 9.57 Å². The summed E-state index contributed by atoms with van der Waals surface area (Å²) in [7, 11) is 0. The molecule has 0 aromatic heterocycles. The van der Waals surface area contributed by atoms with E-state index in [0.29, 0.717) is 5.06 Å². The average Bonchev–Trinajstić information content (AvgIpc) is 2.76. The van der Waals surface area contributed by atoms with Gasteiger partial charge in [-0.15, -0.1) is 0 Å². The highest BCUT2D eigenvalue weighted by Crippen LogP contribution is 2.23. The molecule has 0 spiro atoms. The Bertz CT molecular complexity index is 687. The Labute approximate surface area is 145 Å². The van der Waals surface area contributed by atoms with E-state index in [0.717, 1.165) is 0 Å². The molecule has 0 fully saturated rings. The number of amides is 3. The maximum Gasteiger partial charge on any atom is 0.408 e. The van der Waals surface area contributed by atoms with Crippen LogP contribution < -0.4 is 5.32 Å². The van der Waals surface area contributed by atoms with E-state index in [2.05, 4.69) is 5.32 Å². The van der Waals surface area contributed by atoms with Crippen LogP contribution in [0.3, 0.4) is 0 Å². The van der Waals surface area contributed by atoms with Gasteiger partial charge in [-0.25, -0.2) is 9.59 Å². The van der Waals surface area contributed by atoms with E-state index in [1.165, 1.54) is 12.1 Å². The predicted octanol–water partition coefficient (Wildman–Crippen LogP) is 2.04. The zero-order valence-corrected chi connectivity index (χ0v) is 14.5. The SMILES string of the molecule is CCC(NC(=O)OC(C)(C)C)C(=O)ON1C(=O)c2ccccc2C1=O. The number of nitrogens with one attached hydrogen (secondary N) is 1. The lowest BCUT2D eigenvalue weighted by molar-refractivity contribution is -0.171. The van der Waals surface area contributed by atoms with Gasteiger partial charge in [0.2, 0.25) is 0 Å². The zero-order valence-electron chi connectivity index (χ0n) is 14.5. The molecule has 0 saturated carbocycles. The van der Waals surface area contributed by atoms with Crippen molar-refractivity contribution in [3.05, 3.63) is 35.4 Å². The molecule has 0 radical (unpaired) electrons. The van der Waals surface area contributed by atoms with Crippen molar-refractivity contribution >= 4 is 23.9 Å². The Hall–Kier alpha value is -2.90. The standard InChI is InChI=1S/C17H20N2O6/c1-5-12(18-16(23)24-17(2,3)4)15(22)25-19-13(20)10-8-6-7-9-11(10)14(19)21/h6-9,12H,5H2,1-4H3,(H,18,23). The molecule has 0 aliphatic carbocycles. The number of benzene rings is 1. The van der Waals surface area contributed by atoms with Crippen molar-refractivity contribution in [2.75, 3.05) is 0 Å². The van der Waals surface area contributed by atoms with E-state index in [-0.39, 0.29) is 17.5 Å². The first-order valence-electron chi connectivity index (χ1n) is 7.83. The van der Waals surface area contributed by atoms with E-state index < -0.39 is 35.5 Å². The zero-order chi connectivity index (χ0) is 18.8. The van der Waals surface area contributed by atoms with Crippen LogP contribution in [0.5, 0.6) is 0 Å². The first-order chi connectivity index (χ1) is 11.6. The molecule has 1 N–H and O–H groups in total. The molecule has 8 heteroatoms. The van der Waals surface area contributed by atoms with E-state index >= 15 is 0 Å². The smallest absolute Gasteiger partial charge is 0.408 e. The van der Waals surface area contributed by atoms with Crippen molar-refractivity contribution in [2.24, 2.45) is 0 Å². The summed E-state index contributed by atoms with van der Waals surface area (Å²) in [5, 5.41) is 2.77. The Morgan fingerprint density at radius 2 is 1.64 bits per heavy atom. The minimum atomic E-state index is -1.06. The van der Waals surface area contributed by atoms with Crippen molar-refractivity contribution in [1.29, 1.82) is 0 Å². The molecule has 1 aromatic rings. The first kappa shape index (κ1) is 18.4. The molecular weight excluding hydrogens is 328 g/mol. The van der Waals surface area contributed by atoms with Gasteiger partial charge in [0.15, 0.2) is 0 Å². The number of alkyl carbamates (subject to hydrolysis) is 1. The summed E-state index contributed by atoms with van der Waals surface area (Å²) in [6.07, 6.45) is -0.597. The van der Waals surface area contributed by atoms with Crippen LogP contribution in [-0.4, -0.2) is 40.6 Å². The van der Waals surface area contributed by atoms with Crippen molar-refractivity contribution in [3.63, 3.8) is 0 Å². The molecule has 1 aliphatic heterocycles. The molecule has 0 saturated heterocycles. The molecular formula is C17H20N2O6. The van der Waals surface area contributed by atoms with Crippen LogP contribution in [0, 0.1) is 0 Å². The molecule has 0 bridgehead atoms. The fourth-order valence-corrected chi connectivity index (χ4v) is 2.18. The Morgan fingerprint density at radius 1 is 1.12 bits per heavy atom. The van der Waals surface area contributed by atoms with E-state index in [9.17, 15) is 19.2 Å². The maximum atomic E-state index is 12.2. The van der Waals surface area contributed by atoms with Crippen LogP contribution in [0.1, 0.15) is 54.8 Å². The molecule has 134 valence electrons. The van der Waals surface area contributed by atoms with Crippen LogP contribution in [0.25, 0.3) is 0 Å². The Morgan fingerprint density at radius 3 is 2.08 bits per heavy atom. The number of imide groups is 1.